The van der Waals surface area contributed by atoms with Crippen LogP contribution in [-0.4, -0.2) is 10.8 Å². The molecule has 2 aromatic rings. The molecule has 2 atom stereocenters. The molecule has 4 rings (SSSR count). The van der Waals surface area contributed by atoms with E-state index in [4.69, 9.17) is 0 Å². The minimum Gasteiger partial charge on any atom is -0.340 e. The third-order valence-corrected chi connectivity index (χ3v) is 5.32. The van der Waals surface area contributed by atoms with E-state index in [-0.39, 0.29) is 17.4 Å². The predicted octanol–water partition coefficient (Wildman–Crippen LogP) is 5.55. The Morgan fingerprint density at radius 2 is 1.88 bits per heavy atom. The molecule has 2 unspecified atom stereocenters. The first-order valence-corrected chi connectivity index (χ1v) is 8.43. The number of Topliss-reactive ketones (excluding diaryl/α,β-unsaturated/α-hetero) is 1. The predicted molar refractivity (Wildman–Crippen MR) is 88.3 cm³/mol. The summed E-state index contributed by atoms with van der Waals surface area (Å²) in [5, 5.41) is 2.91. The van der Waals surface area contributed by atoms with Crippen LogP contribution in [0.5, 0.6) is 0 Å². The molecule has 7 heteroatoms. The van der Waals surface area contributed by atoms with Crippen LogP contribution >= 0.6 is 0 Å². The van der Waals surface area contributed by atoms with Crippen molar-refractivity contribution in [3.8, 4) is 0 Å². The van der Waals surface area contributed by atoms with Gasteiger partial charge in [0.25, 0.3) is 0 Å². The van der Waals surface area contributed by atoms with Crippen molar-refractivity contribution in [1.82, 2.24) is 4.98 Å². The average Bonchev–Trinajstić information content (AvgIpc) is 3.17. The van der Waals surface area contributed by atoms with Crippen LogP contribution in [0, 0.1) is 5.82 Å². The van der Waals surface area contributed by atoms with Gasteiger partial charge in [-0.2, -0.15) is 13.2 Å². The highest BCUT2D eigenvalue weighted by Crippen LogP contribution is 2.56. The minimum absolute atomic E-state index is 0.0611. The van der Waals surface area contributed by atoms with Crippen LogP contribution in [0.1, 0.15) is 65.1 Å². The zero-order chi connectivity index (χ0) is 18.6. The third-order valence-electron chi connectivity index (χ3n) is 5.32. The number of anilines is 2. The summed E-state index contributed by atoms with van der Waals surface area (Å²) in [6.45, 7) is 1.49. The molecule has 1 aromatic carbocycles. The van der Waals surface area contributed by atoms with E-state index >= 15 is 0 Å². The highest BCUT2D eigenvalue weighted by atomic mass is 19.4. The maximum Gasteiger partial charge on any atom is 0.419 e. The van der Waals surface area contributed by atoms with Crippen LogP contribution in [0.15, 0.2) is 24.4 Å². The van der Waals surface area contributed by atoms with Crippen LogP contribution in [0.3, 0.4) is 0 Å². The quantitative estimate of drug-likeness (QED) is 0.573. The Hall–Kier alpha value is -2.44. The number of rotatable bonds is 3. The summed E-state index contributed by atoms with van der Waals surface area (Å²) >= 11 is 0. The standard InChI is InChI=1S/C19H16F4N2O/c1-9(26)13-8-24-18(17-11-3-2-10(6-11)16(13)17)25-12-4-5-15(20)14(7-12)19(21,22)23/h4-5,7-8,10-11H,2-3,6H2,1H3,(H,24,25). The summed E-state index contributed by atoms with van der Waals surface area (Å²) in [6, 6.07) is 2.79. The smallest absolute Gasteiger partial charge is 0.340 e. The molecule has 3 nitrogen and oxygen atoms in total. The van der Waals surface area contributed by atoms with E-state index in [9.17, 15) is 22.4 Å². The molecule has 136 valence electrons. The van der Waals surface area contributed by atoms with Crippen LogP contribution in [0.25, 0.3) is 0 Å². The largest absolute Gasteiger partial charge is 0.419 e. The van der Waals surface area contributed by atoms with Gasteiger partial charge in [0.1, 0.15) is 11.6 Å². The van der Waals surface area contributed by atoms with Crippen molar-refractivity contribution in [2.45, 2.75) is 44.2 Å². The maximum absolute atomic E-state index is 13.5. The molecular formula is C19H16F4N2O. The highest BCUT2D eigenvalue weighted by Gasteiger charge is 2.41. The van der Waals surface area contributed by atoms with Crippen molar-refractivity contribution in [3.63, 3.8) is 0 Å². The number of carbonyl (C=O) groups excluding carboxylic acids is 1. The summed E-state index contributed by atoms with van der Waals surface area (Å²) in [5.74, 6) is -0.360. The third kappa shape index (κ3) is 2.66. The molecule has 0 saturated heterocycles. The second kappa shape index (κ2) is 5.79. The molecule has 0 spiro atoms. The number of carbonyl (C=O) groups is 1. The number of alkyl halides is 3. The zero-order valence-corrected chi connectivity index (χ0v) is 14.0. The normalized spacial score (nSPS) is 21.0. The van der Waals surface area contributed by atoms with Crippen LogP contribution in [-0.2, 0) is 6.18 Å². The average molecular weight is 364 g/mol. The van der Waals surface area contributed by atoms with Gasteiger partial charge in [0.05, 0.1) is 5.56 Å². The Bertz CT molecular complexity index is 907. The molecule has 2 aliphatic carbocycles. The summed E-state index contributed by atoms with van der Waals surface area (Å²) in [7, 11) is 0. The monoisotopic (exact) mass is 364 g/mol. The van der Waals surface area contributed by atoms with Crippen molar-refractivity contribution < 1.29 is 22.4 Å². The number of hydrogen-bond donors (Lipinski definition) is 1. The van der Waals surface area contributed by atoms with Crippen LogP contribution in [0.2, 0.25) is 0 Å². The second-order valence-corrected chi connectivity index (χ2v) is 6.93. The SMILES string of the molecule is CC(=O)c1cnc(Nc2ccc(F)c(C(F)(F)F)c2)c2c1C1CCC2C1. The van der Waals surface area contributed by atoms with Gasteiger partial charge in [-0.3, -0.25) is 4.79 Å². The summed E-state index contributed by atoms with van der Waals surface area (Å²) < 4.78 is 52.3. The number of aromatic nitrogens is 1. The fourth-order valence-corrected chi connectivity index (χ4v) is 4.24. The Kier molecular flexibility index (Phi) is 3.78. The van der Waals surface area contributed by atoms with Crippen molar-refractivity contribution in [3.05, 3.63) is 52.5 Å². The van der Waals surface area contributed by atoms with Gasteiger partial charge in [-0.25, -0.2) is 9.37 Å². The lowest BCUT2D eigenvalue weighted by Crippen LogP contribution is -2.12. The Labute approximate surface area is 147 Å². The molecule has 26 heavy (non-hydrogen) atoms. The summed E-state index contributed by atoms with van der Waals surface area (Å²) in [5.41, 5.74) is 1.29. The first-order chi connectivity index (χ1) is 12.3. The minimum atomic E-state index is -4.77. The first kappa shape index (κ1) is 17.0. The number of benzene rings is 1. The molecule has 0 radical (unpaired) electrons. The molecule has 1 saturated carbocycles. The Morgan fingerprint density at radius 3 is 2.54 bits per heavy atom. The number of ketones is 1. The van der Waals surface area contributed by atoms with Crippen molar-refractivity contribution in [2.24, 2.45) is 0 Å². The lowest BCUT2D eigenvalue weighted by Gasteiger charge is -2.21. The number of hydrogen-bond acceptors (Lipinski definition) is 3. The van der Waals surface area contributed by atoms with E-state index in [0.29, 0.717) is 17.3 Å². The highest BCUT2D eigenvalue weighted by molar-refractivity contribution is 5.96. The fourth-order valence-electron chi connectivity index (χ4n) is 4.24. The zero-order valence-electron chi connectivity index (χ0n) is 14.0. The van der Waals surface area contributed by atoms with Gasteiger partial charge < -0.3 is 5.32 Å². The van der Waals surface area contributed by atoms with Gasteiger partial charge in [-0.05, 0) is 61.8 Å². The summed E-state index contributed by atoms with van der Waals surface area (Å²) in [4.78, 5) is 16.2. The molecule has 1 aromatic heterocycles. The number of nitrogens with one attached hydrogen (secondary N) is 1. The molecule has 0 aliphatic heterocycles. The van der Waals surface area contributed by atoms with E-state index in [1.165, 1.54) is 19.2 Å². The number of halogens is 4. The molecule has 2 bridgehead atoms. The van der Waals surface area contributed by atoms with E-state index in [0.717, 1.165) is 42.5 Å². The second-order valence-electron chi connectivity index (χ2n) is 6.93. The lowest BCUT2D eigenvalue weighted by molar-refractivity contribution is -0.139. The van der Waals surface area contributed by atoms with Gasteiger partial charge in [-0.15, -0.1) is 0 Å². The van der Waals surface area contributed by atoms with Crippen molar-refractivity contribution in [1.29, 1.82) is 0 Å². The van der Waals surface area contributed by atoms with Gasteiger partial charge in [0.2, 0.25) is 0 Å². The lowest BCUT2D eigenvalue weighted by atomic mass is 9.88. The van der Waals surface area contributed by atoms with Gasteiger partial charge in [0, 0.05) is 23.0 Å². The van der Waals surface area contributed by atoms with Gasteiger partial charge >= 0.3 is 6.18 Å². The first-order valence-electron chi connectivity index (χ1n) is 8.43. The molecule has 1 heterocycles. The van der Waals surface area contributed by atoms with Crippen molar-refractivity contribution >= 4 is 17.3 Å². The fraction of sp³-hybridized carbons (Fsp3) is 0.368. The maximum atomic E-state index is 13.5. The van der Waals surface area contributed by atoms with Gasteiger partial charge in [0.15, 0.2) is 5.78 Å². The number of fused-ring (bicyclic) bond motifs is 5. The van der Waals surface area contributed by atoms with Gasteiger partial charge in [-0.1, -0.05) is 0 Å². The van der Waals surface area contributed by atoms with Crippen LogP contribution in [0.4, 0.5) is 29.1 Å². The van der Waals surface area contributed by atoms with Crippen LogP contribution < -0.4 is 5.32 Å². The van der Waals surface area contributed by atoms with E-state index < -0.39 is 17.6 Å². The molecule has 0 amide bonds. The Balaban J connectivity index is 1.76. The molecule has 2 aliphatic rings. The molecule has 1 N–H and O–H groups in total. The molecule has 1 fully saturated rings. The van der Waals surface area contributed by atoms with Crippen molar-refractivity contribution in [2.75, 3.05) is 5.32 Å². The molecular weight excluding hydrogens is 348 g/mol. The topological polar surface area (TPSA) is 42.0 Å². The van der Waals surface area contributed by atoms with E-state index in [1.807, 2.05) is 0 Å². The number of nitrogens with zero attached hydrogens (tertiary/aromatic N) is 1. The summed E-state index contributed by atoms with van der Waals surface area (Å²) in [6.07, 6.45) is -0.358. The number of pyridine rings is 1. The van der Waals surface area contributed by atoms with E-state index in [1.54, 1.807) is 0 Å². The van der Waals surface area contributed by atoms with E-state index in [2.05, 4.69) is 10.3 Å². The Morgan fingerprint density at radius 1 is 1.19 bits per heavy atom.